The van der Waals surface area contributed by atoms with E-state index in [-0.39, 0.29) is 23.7 Å². The maximum atomic E-state index is 13.2. The number of nitro benzene ring substituents is 1. The molecule has 0 fully saturated rings. The average molecular weight is 415 g/mol. The van der Waals surface area contributed by atoms with Crippen LogP contribution in [-0.2, 0) is 23.1 Å². The van der Waals surface area contributed by atoms with Crippen LogP contribution in [0.15, 0.2) is 76.2 Å². The Morgan fingerprint density at radius 1 is 0.966 bits per heavy atom. The van der Waals surface area contributed by atoms with Gasteiger partial charge >= 0.3 is 0 Å². The minimum absolute atomic E-state index is 0.0143. The molecule has 0 N–H and O–H groups in total. The molecule has 2 aromatic carbocycles. The Balaban J connectivity index is 1.92. The van der Waals surface area contributed by atoms with E-state index < -0.39 is 14.9 Å². The van der Waals surface area contributed by atoms with Crippen LogP contribution in [0, 0.1) is 10.1 Å². The van der Waals surface area contributed by atoms with E-state index in [1.807, 2.05) is 43.3 Å². The first-order valence-electron chi connectivity index (χ1n) is 8.80. The van der Waals surface area contributed by atoms with Crippen molar-refractivity contribution in [1.29, 1.82) is 0 Å². The Morgan fingerprint density at radius 2 is 1.62 bits per heavy atom. The fraction of sp³-hybridized carbons (Fsp3) is 0.200. The standard InChI is InChI=1S/C20H21N3O5S/c1-21(2)17-7-5-16(6-8-17)14-22(15-19-4-3-13-28-19)29(26,27)20-11-9-18(10-12-20)23(24)25/h3-13H,14-15H2,1-2H3. The van der Waals surface area contributed by atoms with E-state index in [4.69, 9.17) is 4.42 Å². The minimum atomic E-state index is -3.90. The van der Waals surface area contributed by atoms with E-state index in [9.17, 15) is 18.5 Å². The highest BCUT2D eigenvalue weighted by Gasteiger charge is 2.26. The van der Waals surface area contributed by atoms with Gasteiger partial charge < -0.3 is 9.32 Å². The van der Waals surface area contributed by atoms with E-state index in [2.05, 4.69) is 0 Å². The molecule has 9 heteroatoms. The third kappa shape index (κ3) is 4.82. The van der Waals surface area contributed by atoms with Crippen molar-refractivity contribution >= 4 is 21.4 Å². The molecule has 1 aromatic heterocycles. The molecule has 0 spiro atoms. The number of non-ortho nitro benzene ring substituents is 1. The van der Waals surface area contributed by atoms with Gasteiger partial charge in [-0.3, -0.25) is 10.1 Å². The fourth-order valence-corrected chi connectivity index (χ4v) is 4.19. The molecule has 0 aliphatic rings. The van der Waals surface area contributed by atoms with Crippen LogP contribution in [0.2, 0.25) is 0 Å². The topological polar surface area (TPSA) is 96.9 Å². The molecule has 29 heavy (non-hydrogen) atoms. The van der Waals surface area contributed by atoms with Gasteiger partial charge in [-0.15, -0.1) is 0 Å². The van der Waals surface area contributed by atoms with E-state index in [1.165, 1.54) is 34.8 Å². The van der Waals surface area contributed by atoms with Gasteiger partial charge in [-0.05, 0) is 42.0 Å². The van der Waals surface area contributed by atoms with Crippen LogP contribution in [0.5, 0.6) is 0 Å². The molecule has 0 saturated heterocycles. The molecule has 152 valence electrons. The first-order chi connectivity index (χ1) is 13.8. The van der Waals surface area contributed by atoms with Crippen LogP contribution in [0.4, 0.5) is 11.4 Å². The summed E-state index contributed by atoms with van der Waals surface area (Å²) in [4.78, 5) is 12.2. The number of sulfonamides is 1. The van der Waals surface area contributed by atoms with Gasteiger partial charge in [-0.1, -0.05) is 12.1 Å². The zero-order valence-electron chi connectivity index (χ0n) is 16.1. The van der Waals surface area contributed by atoms with E-state index in [1.54, 1.807) is 12.1 Å². The second-order valence-electron chi connectivity index (χ2n) is 6.66. The van der Waals surface area contributed by atoms with Gasteiger partial charge in [-0.2, -0.15) is 4.31 Å². The SMILES string of the molecule is CN(C)c1ccc(CN(Cc2ccco2)S(=O)(=O)c2ccc([N+](=O)[O-])cc2)cc1. The van der Waals surface area contributed by atoms with Crippen molar-refractivity contribution < 1.29 is 17.8 Å². The van der Waals surface area contributed by atoms with E-state index in [0.717, 1.165) is 11.3 Å². The molecule has 1 heterocycles. The lowest BCUT2D eigenvalue weighted by molar-refractivity contribution is -0.384. The number of nitro groups is 1. The number of rotatable bonds is 8. The van der Waals surface area contributed by atoms with Crippen LogP contribution >= 0.6 is 0 Å². The van der Waals surface area contributed by atoms with Crippen LogP contribution < -0.4 is 4.90 Å². The molecule has 8 nitrogen and oxygen atoms in total. The smallest absolute Gasteiger partial charge is 0.269 e. The van der Waals surface area contributed by atoms with Crippen molar-refractivity contribution in [2.24, 2.45) is 0 Å². The molecule has 3 aromatic rings. The van der Waals surface area contributed by atoms with Gasteiger partial charge in [0.1, 0.15) is 5.76 Å². The molecule has 0 amide bonds. The van der Waals surface area contributed by atoms with E-state index in [0.29, 0.717) is 5.76 Å². The predicted octanol–water partition coefficient (Wildman–Crippen LogP) is 3.64. The molecule has 0 bridgehead atoms. The maximum absolute atomic E-state index is 13.2. The molecular formula is C20H21N3O5S. The molecule has 0 aliphatic carbocycles. The fourth-order valence-electron chi connectivity index (χ4n) is 2.79. The monoisotopic (exact) mass is 415 g/mol. The Hall–Kier alpha value is -3.17. The summed E-state index contributed by atoms with van der Waals surface area (Å²) in [6.45, 7) is 0.176. The molecule has 0 radical (unpaired) electrons. The van der Waals surface area contributed by atoms with Gasteiger partial charge in [0, 0.05) is 38.5 Å². The number of benzene rings is 2. The first kappa shape index (κ1) is 20.6. The van der Waals surface area contributed by atoms with Gasteiger partial charge in [0.2, 0.25) is 10.0 Å². The summed E-state index contributed by atoms with van der Waals surface area (Å²) in [6, 6.07) is 15.8. The lowest BCUT2D eigenvalue weighted by Crippen LogP contribution is -2.30. The van der Waals surface area contributed by atoms with E-state index >= 15 is 0 Å². The lowest BCUT2D eigenvalue weighted by atomic mass is 10.2. The zero-order chi connectivity index (χ0) is 21.0. The summed E-state index contributed by atoms with van der Waals surface area (Å²) in [6.07, 6.45) is 1.48. The highest BCUT2D eigenvalue weighted by molar-refractivity contribution is 7.89. The summed E-state index contributed by atoms with van der Waals surface area (Å²) in [5.74, 6) is 0.500. The Morgan fingerprint density at radius 3 is 2.14 bits per heavy atom. The van der Waals surface area contributed by atoms with Crippen LogP contribution in [0.25, 0.3) is 0 Å². The molecular weight excluding hydrogens is 394 g/mol. The normalized spacial score (nSPS) is 11.6. The summed E-state index contributed by atoms with van der Waals surface area (Å²) in [5, 5.41) is 10.9. The van der Waals surface area contributed by atoms with Crippen molar-refractivity contribution in [1.82, 2.24) is 4.31 Å². The first-order valence-corrected chi connectivity index (χ1v) is 10.2. The second-order valence-corrected chi connectivity index (χ2v) is 8.60. The van der Waals surface area contributed by atoms with Crippen LogP contribution in [0.1, 0.15) is 11.3 Å². The Bertz CT molecular complexity index is 1060. The van der Waals surface area contributed by atoms with Crippen molar-refractivity contribution in [3.8, 4) is 0 Å². The average Bonchev–Trinajstić information content (AvgIpc) is 3.21. The number of hydrogen-bond acceptors (Lipinski definition) is 6. The molecule has 0 atom stereocenters. The minimum Gasteiger partial charge on any atom is -0.468 e. The molecule has 0 aliphatic heterocycles. The number of furan rings is 1. The summed E-state index contributed by atoms with van der Waals surface area (Å²) >= 11 is 0. The number of anilines is 1. The zero-order valence-corrected chi connectivity index (χ0v) is 16.9. The second kappa shape index (κ2) is 8.46. The maximum Gasteiger partial charge on any atom is 0.269 e. The summed E-state index contributed by atoms with van der Waals surface area (Å²) in [5.41, 5.74) is 1.65. The van der Waals surface area contributed by atoms with Gasteiger partial charge in [-0.25, -0.2) is 8.42 Å². The third-order valence-electron chi connectivity index (χ3n) is 4.41. The van der Waals surface area contributed by atoms with Gasteiger partial charge in [0.15, 0.2) is 0 Å². The molecule has 3 rings (SSSR count). The largest absolute Gasteiger partial charge is 0.468 e. The van der Waals surface area contributed by atoms with Crippen molar-refractivity contribution in [3.63, 3.8) is 0 Å². The van der Waals surface area contributed by atoms with Crippen LogP contribution in [-0.4, -0.2) is 31.7 Å². The third-order valence-corrected chi connectivity index (χ3v) is 6.22. The van der Waals surface area contributed by atoms with Gasteiger partial charge in [0.05, 0.1) is 22.6 Å². The highest BCUT2D eigenvalue weighted by atomic mass is 32.2. The molecule has 0 unspecified atom stereocenters. The van der Waals surface area contributed by atoms with Crippen molar-refractivity contribution in [3.05, 3.63) is 88.4 Å². The van der Waals surface area contributed by atoms with Gasteiger partial charge in [0.25, 0.3) is 5.69 Å². The quantitative estimate of drug-likeness (QED) is 0.412. The van der Waals surface area contributed by atoms with Crippen molar-refractivity contribution in [2.75, 3.05) is 19.0 Å². The number of nitrogens with zero attached hydrogens (tertiary/aromatic N) is 3. The Kier molecular flexibility index (Phi) is 6.00. The number of hydrogen-bond donors (Lipinski definition) is 0. The summed E-state index contributed by atoms with van der Waals surface area (Å²) < 4.78 is 33.1. The van der Waals surface area contributed by atoms with Crippen LogP contribution in [0.3, 0.4) is 0 Å². The highest BCUT2D eigenvalue weighted by Crippen LogP contribution is 2.24. The molecule has 0 saturated carbocycles. The predicted molar refractivity (Wildman–Crippen MR) is 109 cm³/mol. The Labute approximate surface area is 169 Å². The van der Waals surface area contributed by atoms with Crippen molar-refractivity contribution in [2.45, 2.75) is 18.0 Å². The summed E-state index contributed by atoms with van der Waals surface area (Å²) in [7, 11) is -0.0483. The lowest BCUT2D eigenvalue weighted by Gasteiger charge is -2.22.